The highest BCUT2D eigenvalue weighted by atomic mass is 16.1. The first-order valence-electron chi connectivity index (χ1n) is 6.58. The summed E-state index contributed by atoms with van der Waals surface area (Å²) < 4.78 is 0. The summed E-state index contributed by atoms with van der Waals surface area (Å²) in [4.78, 5) is 13.8. The number of piperidine rings is 1. The molecule has 92 valence electrons. The molecule has 1 saturated carbocycles. The van der Waals surface area contributed by atoms with Crippen molar-refractivity contribution in [1.29, 1.82) is 0 Å². The maximum absolute atomic E-state index is 11.3. The zero-order valence-corrected chi connectivity index (χ0v) is 11.2. The van der Waals surface area contributed by atoms with E-state index in [0.717, 1.165) is 25.9 Å². The summed E-state index contributed by atoms with van der Waals surface area (Å²) in [6.07, 6.45) is 4.12. The molecule has 0 amide bonds. The molecule has 1 aliphatic carbocycles. The fraction of sp³-hybridized carbons (Fsp3) is 0.929. The van der Waals surface area contributed by atoms with Gasteiger partial charge in [-0.3, -0.25) is 9.69 Å². The van der Waals surface area contributed by atoms with Gasteiger partial charge in [0.25, 0.3) is 0 Å². The largest absolute Gasteiger partial charge is 0.300 e. The van der Waals surface area contributed by atoms with Gasteiger partial charge >= 0.3 is 0 Å². The zero-order valence-electron chi connectivity index (χ0n) is 11.2. The van der Waals surface area contributed by atoms with Crippen molar-refractivity contribution < 1.29 is 4.79 Å². The smallest absolute Gasteiger partial charge is 0.135 e. The Kier molecular flexibility index (Phi) is 2.90. The Hall–Kier alpha value is -0.370. The highest BCUT2D eigenvalue weighted by Gasteiger charge is 2.48. The van der Waals surface area contributed by atoms with Crippen LogP contribution < -0.4 is 0 Å². The SMILES string of the molecule is CC1(C)CC(N2CCC(=O)CC2)CC1(C)C. The van der Waals surface area contributed by atoms with E-state index >= 15 is 0 Å². The maximum Gasteiger partial charge on any atom is 0.135 e. The summed E-state index contributed by atoms with van der Waals surface area (Å²) in [5, 5.41) is 0. The number of rotatable bonds is 1. The molecule has 0 radical (unpaired) electrons. The lowest BCUT2D eigenvalue weighted by atomic mass is 9.71. The Bertz CT molecular complexity index is 267. The average Bonchev–Trinajstić information content (AvgIpc) is 2.37. The Morgan fingerprint density at radius 2 is 1.44 bits per heavy atom. The number of nitrogens with zero attached hydrogens (tertiary/aromatic N) is 1. The molecule has 1 heterocycles. The van der Waals surface area contributed by atoms with Crippen molar-refractivity contribution in [3.63, 3.8) is 0 Å². The minimum absolute atomic E-state index is 0.430. The summed E-state index contributed by atoms with van der Waals surface area (Å²) in [7, 11) is 0. The van der Waals surface area contributed by atoms with Crippen molar-refractivity contribution in [2.45, 2.75) is 59.4 Å². The van der Waals surface area contributed by atoms with Gasteiger partial charge in [0, 0.05) is 32.0 Å². The molecule has 1 aliphatic heterocycles. The van der Waals surface area contributed by atoms with E-state index in [1.165, 1.54) is 12.8 Å². The topological polar surface area (TPSA) is 20.3 Å². The fourth-order valence-corrected chi connectivity index (χ4v) is 3.20. The summed E-state index contributed by atoms with van der Waals surface area (Å²) >= 11 is 0. The van der Waals surface area contributed by atoms with Gasteiger partial charge in [-0.1, -0.05) is 27.7 Å². The summed E-state index contributed by atoms with van der Waals surface area (Å²) in [6.45, 7) is 11.6. The molecular formula is C14H25NO. The van der Waals surface area contributed by atoms with Crippen LogP contribution in [-0.4, -0.2) is 29.8 Å². The molecule has 16 heavy (non-hydrogen) atoms. The maximum atomic E-state index is 11.3. The van der Waals surface area contributed by atoms with Crippen LogP contribution in [0.4, 0.5) is 0 Å². The second-order valence-corrected chi connectivity index (χ2v) is 6.90. The van der Waals surface area contributed by atoms with Gasteiger partial charge in [-0.15, -0.1) is 0 Å². The van der Waals surface area contributed by atoms with Crippen LogP contribution in [0.3, 0.4) is 0 Å². The molecule has 2 rings (SSSR count). The van der Waals surface area contributed by atoms with Gasteiger partial charge in [0.05, 0.1) is 0 Å². The van der Waals surface area contributed by atoms with Crippen molar-refractivity contribution in [3.05, 3.63) is 0 Å². The number of ketones is 1. The lowest BCUT2D eigenvalue weighted by Crippen LogP contribution is -2.40. The van der Waals surface area contributed by atoms with Gasteiger partial charge in [-0.2, -0.15) is 0 Å². The second-order valence-electron chi connectivity index (χ2n) is 6.90. The van der Waals surface area contributed by atoms with E-state index in [-0.39, 0.29) is 0 Å². The molecule has 2 nitrogen and oxygen atoms in total. The first kappa shape index (κ1) is 12.1. The second kappa shape index (κ2) is 3.83. The molecule has 2 heteroatoms. The number of carbonyl (C=O) groups excluding carboxylic acids is 1. The third-order valence-electron chi connectivity index (χ3n) is 5.20. The van der Waals surface area contributed by atoms with Gasteiger partial charge in [-0.05, 0) is 23.7 Å². The van der Waals surface area contributed by atoms with E-state index in [2.05, 4.69) is 32.6 Å². The Balaban J connectivity index is 2.01. The first-order chi connectivity index (χ1) is 7.32. The standard InChI is InChI=1S/C14H25NO/c1-13(2)9-11(10-14(13,3)4)15-7-5-12(16)6-8-15/h11H,5-10H2,1-4H3. The van der Waals surface area contributed by atoms with Crippen molar-refractivity contribution in [2.75, 3.05) is 13.1 Å². The van der Waals surface area contributed by atoms with E-state index in [0.29, 0.717) is 22.7 Å². The highest BCUT2D eigenvalue weighted by molar-refractivity contribution is 5.79. The van der Waals surface area contributed by atoms with Crippen LogP contribution in [0.2, 0.25) is 0 Å². The number of hydrogen-bond donors (Lipinski definition) is 0. The molecule has 0 spiro atoms. The molecule has 0 N–H and O–H groups in total. The number of Topliss-reactive ketones (excluding diaryl/α,β-unsaturated/α-hetero) is 1. The van der Waals surface area contributed by atoms with Crippen molar-refractivity contribution in [2.24, 2.45) is 10.8 Å². The molecule has 2 fully saturated rings. The third kappa shape index (κ3) is 2.04. The Morgan fingerprint density at radius 3 is 1.88 bits per heavy atom. The van der Waals surface area contributed by atoms with Crippen LogP contribution in [0.5, 0.6) is 0 Å². The van der Waals surface area contributed by atoms with Crippen LogP contribution in [0.25, 0.3) is 0 Å². The predicted octanol–water partition coefficient (Wildman–Crippen LogP) is 2.87. The Labute approximate surface area is 99.4 Å². The lowest BCUT2D eigenvalue weighted by molar-refractivity contribution is -0.121. The van der Waals surface area contributed by atoms with Crippen LogP contribution >= 0.6 is 0 Å². The average molecular weight is 223 g/mol. The molecule has 0 unspecified atom stereocenters. The zero-order chi connectivity index (χ0) is 12.0. The molecule has 0 atom stereocenters. The molecule has 0 bridgehead atoms. The van der Waals surface area contributed by atoms with E-state index < -0.39 is 0 Å². The van der Waals surface area contributed by atoms with Crippen LogP contribution in [0.1, 0.15) is 53.4 Å². The van der Waals surface area contributed by atoms with Crippen LogP contribution in [-0.2, 0) is 4.79 Å². The van der Waals surface area contributed by atoms with Crippen LogP contribution in [0, 0.1) is 10.8 Å². The third-order valence-corrected chi connectivity index (χ3v) is 5.20. The van der Waals surface area contributed by atoms with E-state index in [4.69, 9.17) is 0 Å². The monoisotopic (exact) mass is 223 g/mol. The number of likely N-dealkylation sites (tertiary alicyclic amines) is 1. The van der Waals surface area contributed by atoms with Crippen molar-refractivity contribution in [1.82, 2.24) is 4.90 Å². The van der Waals surface area contributed by atoms with Crippen molar-refractivity contribution >= 4 is 5.78 Å². The normalized spacial score (nSPS) is 30.9. The van der Waals surface area contributed by atoms with E-state index in [1.54, 1.807) is 0 Å². The first-order valence-corrected chi connectivity index (χ1v) is 6.58. The molecular weight excluding hydrogens is 198 g/mol. The number of hydrogen-bond acceptors (Lipinski definition) is 2. The molecule has 2 aliphatic rings. The van der Waals surface area contributed by atoms with Crippen LogP contribution in [0.15, 0.2) is 0 Å². The van der Waals surface area contributed by atoms with Gasteiger partial charge in [0.1, 0.15) is 5.78 Å². The van der Waals surface area contributed by atoms with Gasteiger partial charge in [0.2, 0.25) is 0 Å². The quantitative estimate of drug-likeness (QED) is 0.681. The fourth-order valence-electron chi connectivity index (χ4n) is 3.20. The number of carbonyl (C=O) groups is 1. The van der Waals surface area contributed by atoms with Gasteiger partial charge in [0.15, 0.2) is 0 Å². The predicted molar refractivity (Wildman–Crippen MR) is 66.4 cm³/mol. The molecule has 1 saturated heterocycles. The minimum Gasteiger partial charge on any atom is -0.300 e. The highest BCUT2D eigenvalue weighted by Crippen LogP contribution is 2.53. The van der Waals surface area contributed by atoms with Crippen molar-refractivity contribution in [3.8, 4) is 0 Å². The summed E-state index contributed by atoms with van der Waals surface area (Å²) in [6, 6.07) is 0.707. The summed E-state index contributed by atoms with van der Waals surface area (Å²) in [5.74, 6) is 0.452. The molecule has 0 aromatic heterocycles. The van der Waals surface area contributed by atoms with Gasteiger partial charge < -0.3 is 0 Å². The molecule has 0 aromatic carbocycles. The van der Waals surface area contributed by atoms with E-state index in [1.807, 2.05) is 0 Å². The summed E-state index contributed by atoms with van der Waals surface area (Å²) in [5.41, 5.74) is 0.859. The molecule has 0 aromatic rings. The van der Waals surface area contributed by atoms with Gasteiger partial charge in [-0.25, -0.2) is 0 Å². The lowest BCUT2D eigenvalue weighted by Gasteiger charge is -2.34. The van der Waals surface area contributed by atoms with E-state index in [9.17, 15) is 4.79 Å². The minimum atomic E-state index is 0.430. The Morgan fingerprint density at radius 1 is 1.00 bits per heavy atom.